The van der Waals surface area contributed by atoms with Crippen LogP contribution in [0.4, 0.5) is 4.39 Å². The van der Waals surface area contributed by atoms with Crippen LogP contribution >= 0.6 is 0 Å². The van der Waals surface area contributed by atoms with Crippen molar-refractivity contribution in [1.29, 1.82) is 0 Å². The number of fused-ring (bicyclic) bond motifs is 1. The lowest BCUT2D eigenvalue weighted by atomic mass is 10.1. The zero-order valence-electron chi connectivity index (χ0n) is 17.8. The van der Waals surface area contributed by atoms with Crippen LogP contribution in [0.25, 0.3) is 22.3 Å². The molecule has 0 saturated heterocycles. The molecule has 0 saturated carbocycles. The molecule has 8 heteroatoms. The van der Waals surface area contributed by atoms with Crippen molar-refractivity contribution in [2.45, 2.75) is 6.92 Å². The number of Topliss-reactive ketones (excluding diaryl/α,β-unsaturated/α-hetero) is 1. The highest BCUT2D eigenvalue weighted by atomic mass is 19.1. The summed E-state index contributed by atoms with van der Waals surface area (Å²) in [6.45, 7) is 1.24. The van der Waals surface area contributed by atoms with E-state index in [9.17, 15) is 14.0 Å². The molecule has 4 rings (SSSR count). The first kappa shape index (κ1) is 21.2. The normalized spacial score (nSPS) is 10.9. The number of aromatic nitrogens is 3. The summed E-state index contributed by atoms with van der Waals surface area (Å²) >= 11 is 0. The van der Waals surface area contributed by atoms with Gasteiger partial charge in [-0.2, -0.15) is 5.10 Å². The van der Waals surface area contributed by atoms with E-state index in [0.29, 0.717) is 22.4 Å². The van der Waals surface area contributed by atoms with Crippen molar-refractivity contribution in [1.82, 2.24) is 14.8 Å². The van der Waals surface area contributed by atoms with Gasteiger partial charge in [-0.1, -0.05) is 30.3 Å². The molecule has 0 unspecified atom stereocenters. The van der Waals surface area contributed by atoms with E-state index in [-0.39, 0.29) is 16.9 Å². The van der Waals surface area contributed by atoms with Gasteiger partial charge in [-0.15, -0.1) is 0 Å². The molecule has 32 heavy (non-hydrogen) atoms. The number of carbonyl (C=O) groups is 2. The molecule has 0 radical (unpaired) electrons. The van der Waals surface area contributed by atoms with Gasteiger partial charge in [0.25, 0.3) is 0 Å². The molecule has 2 aromatic carbocycles. The highest BCUT2D eigenvalue weighted by molar-refractivity contribution is 6.06. The maximum atomic E-state index is 13.9. The lowest BCUT2D eigenvalue weighted by Crippen LogP contribution is -2.15. The van der Waals surface area contributed by atoms with E-state index in [1.807, 2.05) is 30.3 Å². The third kappa shape index (κ3) is 3.94. The van der Waals surface area contributed by atoms with Crippen molar-refractivity contribution in [3.63, 3.8) is 0 Å². The van der Waals surface area contributed by atoms with Gasteiger partial charge in [-0.05, 0) is 31.2 Å². The molecular weight excluding hydrogens is 413 g/mol. The van der Waals surface area contributed by atoms with Crippen LogP contribution in [-0.4, -0.2) is 40.2 Å². The van der Waals surface area contributed by atoms with Gasteiger partial charge in [0.2, 0.25) is 0 Å². The fraction of sp³-hybridized carbons (Fsp3) is 0.167. The van der Waals surface area contributed by atoms with Crippen LogP contribution in [0.1, 0.15) is 26.4 Å². The van der Waals surface area contributed by atoms with E-state index in [2.05, 4.69) is 10.1 Å². The molecule has 4 aromatic rings. The highest BCUT2D eigenvalue weighted by Crippen LogP contribution is 2.27. The molecule has 0 aliphatic carbocycles. The summed E-state index contributed by atoms with van der Waals surface area (Å²) in [7, 11) is 3.08. The van der Waals surface area contributed by atoms with Crippen LogP contribution in [0.2, 0.25) is 0 Å². The summed E-state index contributed by atoms with van der Waals surface area (Å²) in [5, 5.41) is 4.92. The Bertz CT molecular complexity index is 1330. The van der Waals surface area contributed by atoms with Crippen molar-refractivity contribution in [2.24, 2.45) is 7.05 Å². The number of aryl methyl sites for hydroxylation is 2. The number of pyridine rings is 1. The first-order valence-corrected chi connectivity index (χ1v) is 9.82. The Balaban J connectivity index is 1.64. The first-order chi connectivity index (χ1) is 15.4. The smallest absolute Gasteiger partial charge is 0.339 e. The van der Waals surface area contributed by atoms with Gasteiger partial charge in [0.15, 0.2) is 29.6 Å². The fourth-order valence-corrected chi connectivity index (χ4v) is 3.49. The monoisotopic (exact) mass is 433 g/mol. The molecule has 0 aliphatic rings. The van der Waals surface area contributed by atoms with Gasteiger partial charge in [-0.25, -0.2) is 14.2 Å². The minimum atomic E-state index is -0.687. The van der Waals surface area contributed by atoms with Gasteiger partial charge in [0.05, 0.1) is 29.4 Å². The van der Waals surface area contributed by atoms with Gasteiger partial charge >= 0.3 is 5.97 Å². The Morgan fingerprint density at radius 1 is 1.09 bits per heavy atom. The van der Waals surface area contributed by atoms with Crippen LogP contribution in [-0.2, 0) is 11.8 Å². The highest BCUT2D eigenvalue weighted by Gasteiger charge is 2.21. The Kier molecular flexibility index (Phi) is 5.68. The molecule has 162 valence electrons. The average Bonchev–Trinajstić information content (AvgIpc) is 3.10. The molecule has 0 N–H and O–H groups in total. The van der Waals surface area contributed by atoms with Crippen molar-refractivity contribution < 1.29 is 23.5 Å². The molecular formula is C24H20FN3O4. The van der Waals surface area contributed by atoms with Crippen LogP contribution in [0.5, 0.6) is 5.75 Å². The molecule has 2 aromatic heterocycles. The number of carbonyl (C=O) groups excluding carboxylic acids is 2. The predicted molar refractivity (Wildman–Crippen MR) is 116 cm³/mol. The van der Waals surface area contributed by atoms with E-state index >= 15 is 0 Å². The van der Waals surface area contributed by atoms with Gasteiger partial charge < -0.3 is 9.47 Å². The summed E-state index contributed by atoms with van der Waals surface area (Å²) in [6, 6.07) is 14.9. The SMILES string of the molecule is COc1ccc(C(=O)COC(=O)c2cc(-c3ccccc3)nc3c2c(C)nn3C)cc1F. The summed E-state index contributed by atoms with van der Waals surface area (Å²) in [6.07, 6.45) is 0. The third-order valence-electron chi connectivity index (χ3n) is 5.07. The largest absolute Gasteiger partial charge is 0.494 e. The Hall–Kier alpha value is -4.07. The predicted octanol–water partition coefficient (Wildman–Crippen LogP) is 4.13. The Morgan fingerprint density at radius 2 is 1.84 bits per heavy atom. The van der Waals surface area contributed by atoms with Crippen LogP contribution in [0.15, 0.2) is 54.6 Å². The Morgan fingerprint density at radius 3 is 2.53 bits per heavy atom. The van der Waals surface area contributed by atoms with Crippen molar-refractivity contribution >= 4 is 22.8 Å². The van der Waals surface area contributed by atoms with Gasteiger partial charge in [0, 0.05) is 18.2 Å². The maximum Gasteiger partial charge on any atom is 0.339 e. The fourth-order valence-electron chi connectivity index (χ4n) is 3.49. The van der Waals surface area contributed by atoms with E-state index in [1.54, 1.807) is 24.7 Å². The summed E-state index contributed by atoms with van der Waals surface area (Å²) in [5.74, 6) is -1.86. The number of halogens is 1. The van der Waals surface area contributed by atoms with Crippen molar-refractivity contribution in [3.05, 3.63) is 77.2 Å². The zero-order valence-corrected chi connectivity index (χ0v) is 17.8. The molecule has 0 bridgehead atoms. The maximum absolute atomic E-state index is 13.9. The standard InChI is InChI=1S/C24H20FN3O4/c1-14-22-17(12-19(15-7-5-4-6-8-15)26-23(22)28(2)27-14)24(30)32-13-20(29)16-9-10-21(31-3)18(25)11-16/h4-12H,13H2,1-3H3. The quantitative estimate of drug-likeness (QED) is 0.336. The molecule has 0 amide bonds. The average molecular weight is 433 g/mol. The number of methoxy groups -OCH3 is 1. The number of ether oxygens (including phenoxy) is 2. The van der Waals surface area contributed by atoms with Crippen LogP contribution in [0, 0.1) is 12.7 Å². The molecule has 7 nitrogen and oxygen atoms in total. The molecule has 0 fully saturated rings. The van der Waals surface area contributed by atoms with Crippen molar-refractivity contribution in [2.75, 3.05) is 13.7 Å². The number of rotatable bonds is 6. The molecule has 0 atom stereocenters. The number of esters is 1. The summed E-state index contributed by atoms with van der Waals surface area (Å²) < 4.78 is 25.6. The Labute approximate surface area is 183 Å². The molecule has 0 spiro atoms. The minimum Gasteiger partial charge on any atom is -0.494 e. The van der Waals surface area contributed by atoms with E-state index in [4.69, 9.17) is 9.47 Å². The second kappa shape index (κ2) is 8.58. The van der Waals surface area contributed by atoms with Crippen LogP contribution in [0.3, 0.4) is 0 Å². The number of ketones is 1. The first-order valence-electron chi connectivity index (χ1n) is 9.82. The zero-order chi connectivity index (χ0) is 22.8. The molecule has 0 aliphatic heterocycles. The lowest BCUT2D eigenvalue weighted by Gasteiger charge is -2.09. The number of nitrogens with zero attached hydrogens (tertiary/aromatic N) is 3. The van der Waals surface area contributed by atoms with Gasteiger partial charge in [0.1, 0.15) is 0 Å². The van der Waals surface area contributed by atoms with E-state index < -0.39 is 24.2 Å². The van der Waals surface area contributed by atoms with Crippen LogP contribution < -0.4 is 4.74 Å². The molecule has 2 heterocycles. The lowest BCUT2D eigenvalue weighted by molar-refractivity contribution is 0.0476. The second-order valence-electron chi connectivity index (χ2n) is 7.18. The number of hydrogen-bond acceptors (Lipinski definition) is 6. The topological polar surface area (TPSA) is 83.3 Å². The number of benzene rings is 2. The second-order valence-corrected chi connectivity index (χ2v) is 7.18. The van der Waals surface area contributed by atoms with Gasteiger partial charge in [-0.3, -0.25) is 9.48 Å². The number of hydrogen-bond donors (Lipinski definition) is 0. The summed E-state index contributed by atoms with van der Waals surface area (Å²) in [5.41, 5.74) is 2.89. The minimum absolute atomic E-state index is 0.0261. The van der Waals surface area contributed by atoms with E-state index in [0.717, 1.165) is 11.6 Å². The summed E-state index contributed by atoms with van der Waals surface area (Å²) in [4.78, 5) is 30.1. The third-order valence-corrected chi connectivity index (χ3v) is 5.07. The van der Waals surface area contributed by atoms with Crippen molar-refractivity contribution in [3.8, 4) is 17.0 Å². The van der Waals surface area contributed by atoms with E-state index in [1.165, 1.54) is 19.2 Å².